The van der Waals surface area contributed by atoms with Gasteiger partial charge in [-0.15, -0.1) is 0 Å². The van der Waals surface area contributed by atoms with Crippen LogP contribution >= 0.6 is 0 Å². The minimum absolute atomic E-state index is 0. The van der Waals surface area contributed by atoms with Crippen LogP contribution < -0.4 is 17.0 Å². The third-order valence-electron chi connectivity index (χ3n) is 3.01. The van der Waals surface area contributed by atoms with E-state index < -0.39 is 0 Å². The van der Waals surface area contributed by atoms with E-state index in [1.807, 2.05) is 0 Å². The maximum Gasteiger partial charge on any atom is -1.00 e. The molecule has 0 aliphatic carbocycles. The standard InChI is InChI=1S/C15H29.BrH.Mg/c1-3-5-7-9-11-13-15-14-12-10-8-6-4-2;;/h14-15H,1,3-13H2,2H3;1H;/q;;+1/p-1/b15-14-;;. The molecule has 0 amide bonds. The molecule has 0 spiro atoms. The van der Waals surface area contributed by atoms with Crippen molar-refractivity contribution < 1.29 is 17.0 Å². The molecule has 0 atom stereocenters. The van der Waals surface area contributed by atoms with E-state index in [0.717, 1.165) is 0 Å². The SMILES string of the molecule is CCCCCC/C=C\CCCCCC[CH2][Mg+].[Br-]. The van der Waals surface area contributed by atoms with E-state index in [1.165, 1.54) is 75.2 Å². The summed E-state index contributed by atoms with van der Waals surface area (Å²) in [4.78, 5) is 0. The minimum Gasteiger partial charge on any atom is -1.00 e. The van der Waals surface area contributed by atoms with Crippen molar-refractivity contribution >= 4 is 21.7 Å². The fraction of sp³-hybridized carbons (Fsp3) is 0.867. The summed E-state index contributed by atoms with van der Waals surface area (Å²) in [7, 11) is 0. The van der Waals surface area contributed by atoms with Crippen LogP contribution in [-0.4, -0.2) is 21.7 Å². The summed E-state index contributed by atoms with van der Waals surface area (Å²) in [6, 6.07) is 0. The molecule has 0 aromatic rings. The van der Waals surface area contributed by atoms with Gasteiger partial charge in [-0.2, -0.15) is 0 Å². The number of hydrogen-bond donors (Lipinski definition) is 0. The molecule has 0 aliphatic rings. The molecule has 0 rings (SSSR count). The zero-order chi connectivity index (χ0) is 11.9. The Morgan fingerprint density at radius 3 is 1.71 bits per heavy atom. The predicted octanol–water partition coefficient (Wildman–Crippen LogP) is 2.44. The fourth-order valence-corrected chi connectivity index (χ4v) is 2.25. The minimum atomic E-state index is 0. The van der Waals surface area contributed by atoms with Gasteiger partial charge in [0.2, 0.25) is 0 Å². The number of rotatable bonds is 12. The van der Waals surface area contributed by atoms with Crippen molar-refractivity contribution in [3.05, 3.63) is 12.2 Å². The van der Waals surface area contributed by atoms with Gasteiger partial charge >= 0.3 is 96.2 Å². The molecule has 2 heteroatoms. The van der Waals surface area contributed by atoms with Gasteiger partial charge in [-0.1, -0.05) is 19.8 Å². The van der Waals surface area contributed by atoms with Gasteiger partial charge in [0.1, 0.15) is 0 Å². The Balaban J connectivity index is 0. The molecular weight excluding hydrogens is 284 g/mol. The van der Waals surface area contributed by atoms with Crippen molar-refractivity contribution in [2.75, 3.05) is 0 Å². The van der Waals surface area contributed by atoms with E-state index in [4.69, 9.17) is 0 Å². The van der Waals surface area contributed by atoms with Gasteiger partial charge in [0.05, 0.1) is 0 Å². The monoisotopic (exact) mass is 312 g/mol. The van der Waals surface area contributed by atoms with Crippen molar-refractivity contribution in [3.8, 4) is 0 Å². The van der Waals surface area contributed by atoms with Gasteiger partial charge in [0.25, 0.3) is 0 Å². The first-order valence-electron chi connectivity index (χ1n) is 7.36. The second-order valence-corrected chi connectivity index (χ2v) is 5.44. The van der Waals surface area contributed by atoms with Gasteiger partial charge in [-0.25, -0.2) is 0 Å². The van der Waals surface area contributed by atoms with Crippen LogP contribution in [0.1, 0.15) is 77.6 Å². The number of allylic oxidation sites excluding steroid dienone is 2. The number of hydrogen-bond acceptors (Lipinski definition) is 0. The summed E-state index contributed by atoms with van der Waals surface area (Å²) in [6.45, 7) is 2.27. The molecule has 17 heavy (non-hydrogen) atoms. The Labute approximate surface area is 132 Å². The molecule has 0 aliphatic heterocycles. The van der Waals surface area contributed by atoms with Crippen LogP contribution in [0.2, 0.25) is 4.55 Å². The first kappa shape index (κ1) is 20.3. The second kappa shape index (κ2) is 19.3. The quantitative estimate of drug-likeness (QED) is 0.295. The van der Waals surface area contributed by atoms with Crippen LogP contribution in [-0.2, 0) is 0 Å². The van der Waals surface area contributed by atoms with Gasteiger partial charge in [-0.3, -0.25) is 0 Å². The van der Waals surface area contributed by atoms with E-state index >= 15 is 0 Å². The fourth-order valence-electron chi connectivity index (χ4n) is 1.89. The molecule has 0 aromatic carbocycles. The van der Waals surface area contributed by atoms with E-state index in [1.54, 1.807) is 0 Å². The Morgan fingerprint density at radius 1 is 0.706 bits per heavy atom. The smallest absolute Gasteiger partial charge is 1.00 e. The molecule has 98 valence electrons. The summed E-state index contributed by atoms with van der Waals surface area (Å²) in [6.07, 6.45) is 20.1. The van der Waals surface area contributed by atoms with E-state index in [0.29, 0.717) is 0 Å². The van der Waals surface area contributed by atoms with Crippen molar-refractivity contribution in [2.45, 2.75) is 82.1 Å². The molecule has 0 N–H and O–H groups in total. The largest absolute Gasteiger partial charge is 1.00 e. The Kier molecular flexibility index (Phi) is 23.1. The van der Waals surface area contributed by atoms with E-state index in [9.17, 15) is 0 Å². The van der Waals surface area contributed by atoms with Gasteiger partial charge in [0.15, 0.2) is 0 Å². The van der Waals surface area contributed by atoms with Crippen molar-refractivity contribution in [1.82, 2.24) is 0 Å². The summed E-state index contributed by atoms with van der Waals surface area (Å²) >= 11 is 2.10. The van der Waals surface area contributed by atoms with Gasteiger partial charge < -0.3 is 17.0 Å². The first-order chi connectivity index (χ1) is 7.91. The predicted molar refractivity (Wildman–Crippen MR) is 76.2 cm³/mol. The maximum absolute atomic E-state index is 2.40. The average Bonchev–Trinajstić information content (AvgIpc) is 2.31. The molecule has 0 aromatic heterocycles. The van der Waals surface area contributed by atoms with Crippen molar-refractivity contribution in [1.29, 1.82) is 0 Å². The van der Waals surface area contributed by atoms with Gasteiger partial charge in [-0.05, 0) is 0 Å². The summed E-state index contributed by atoms with van der Waals surface area (Å²) in [5.41, 5.74) is 0. The second-order valence-electron chi connectivity index (χ2n) is 4.73. The molecule has 0 nitrogen and oxygen atoms in total. The topological polar surface area (TPSA) is 0 Å². The summed E-state index contributed by atoms with van der Waals surface area (Å²) in [5, 5.41) is 0. The molecule has 0 unspecified atom stereocenters. The molecule has 0 bridgehead atoms. The van der Waals surface area contributed by atoms with Crippen LogP contribution in [0.15, 0.2) is 12.2 Å². The van der Waals surface area contributed by atoms with Crippen LogP contribution in [0.3, 0.4) is 0 Å². The van der Waals surface area contributed by atoms with Crippen LogP contribution in [0.4, 0.5) is 0 Å². The molecular formula is C15H29BrMg. The van der Waals surface area contributed by atoms with Crippen LogP contribution in [0.5, 0.6) is 0 Å². The van der Waals surface area contributed by atoms with E-state index in [-0.39, 0.29) is 17.0 Å². The van der Waals surface area contributed by atoms with Crippen molar-refractivity contribution in [3.63, 3.8) is 0 Å². The Bertz CT molecular complexity index is 146. The molecule has 0 saturated heterocycles. The average molecular weight is 314 g/mol. The molecule has 0 saturated carbocycles. The normalized spacial score (nSPS) is 10.8. The summed E-state index contributed by atoms with van der Waals surface area (Å²) < 4.78 is 1.39. The van der Waals surface area contributed by atoms with E-state index in [2.05, 4.69) is 40.8 Å². The third-order valence-corrected chi connectivity index (χ3v) is 3.51. The zero-order valence-corrected chi connectivity index (χ0v) is 14.7. The molecule has 0 fully saturated rings. The Hall–Kier alpha value is 0.986. The molecule has 0 radical (unpaired) electrons. The van der Waals surface area contributed by atoms with Crippen molar-refractivity contribution in [2.24, 2.45) is 0 Å². The first-order valence-corrected chi connectivity index (χ1v) is 8.36. The Morgan fingerprint density at radius 2 is 1.18 bits per heavy atom. The number of halogens is 1. The molecule has 0 heterocycles. The number of unbranched alkanes of at least 4 members (excludes halogenated alkanes) is 9. The van der Waals surface area contributed by atoms with Crippen LogP contribution in [0.25, 0.3) is 0 Å². The summed E-state index contributed by atoms with van der Waals surface area (Å²) in [5.74, 6) is 0. The maximum atomic E-state index is 2.40. The zero-order valence-electron chi connectivity index (χ0n) is 11.7. The third kappa shape index (κ3) is 19.5. The van der Waals surface area contributed by atoms with Gasteiger partial charge in [0, 0.05) is 0 Å². The van der Waals surface area contributed by atoms with Crippen LogP contribution in [0, 0.1) is 0 Å².